The summed E-state index contributed by atoms with van der Waals surface area (Å²) in [4.78, 5) is 20.7. The van der Waals surface area contributed by atoms with Gasteiger partial charge >= 0.3 is 12.1 Å². The van der Waals surface area contributed by atoms with Gasteiger partial charge in [-0.25, -0.2) is 9.59 Å². The normalized spacial score (nSPS) is 8.90. The lowest BCUT2D eigenvalue weighted by molar-refractivity contribution is 0.221. The average molecular weight is 163 g/mol. The van der Waals surface area contributed by atoms with Crippen LogP contribution in [-0.2, 0) is 0 Å². The van der Waals surface area contributed by atoms with E-state index in [1.165, 1.54) is 0 Å². The van der Waals surface area contributed by atoms with Crippen molar-refractivity contribution < 1.29 is 9.59 Å². The highest BCUT2D eigenvalue weighted by molar-refractivity contribution is 7.98. The minimum atomic E-state index is -0.834. The zero-order chi connectivity index (χ0) is 8.15. The van der Waals surface area contributed by atoms with Crippen molar-refractivity contribution in [2.45, 2.75) is 6.92 Å². The summed E-state index contributed by atoms with van der Waals surface area (Å²) < 4.78 is 0.708. The van der Waals surface area contributed by atoms with Crippen molar-refractivity contribution in [1.82, 2.24) is 4.31 Å². The Balaban J connectivity index is 3.98. The van der Waals surface area contributed by atoms with E-state index < -0.39 is 12.1 Å². The molecule has 0 radical (unpaired) electrons. The van der Waals surface area contributed by atoms with E-state index in [1.54, 1.807) is 6.92 Å². The highest BCUT2D eigenvalue weighted by Gasteiger charge is 2.14. The Bertz CT molecular complexity index is 135. The summed E-state index contributed by atoms with van der Waals surface area (Å²) in [6.07, 6.45) is 0. The molecule has 0 rings (SSSR count). The molecule has 6 heteroatoms. The number of amides is 4. The Morgan fingerprint density at radius 3 is 1.90 bits per heavy atom. The van der Waals surface area contributed by atoms with Gasteiger partial charge in [0.25, 0.3) is 0 Å². The number of nitrogens with two attached hydrogens (primary N) is 2. The molecule has 0 heterocycles. The minimum absolute atomic E-state index is 0.575. The number of primary amides is 2. The van der Waals surface area contributed by atoms with Gasteiger partial charge in [0.15, 0.2) is 0 Å². The number of nitrogens with zero attached hydrogens (tertiary/aromatic N) is 1. The molecule has 0 bridgehead atoms. The molecule has 0 saturated heterocycles. The number of imide groups is 1. The quantitative estimate of drug-likeness (QED) is 0.566. The van der Waals surface area contributed by atoms with Gasteiger partial charge < -0.3 is 11.5 Å². The van der Waals surface area contributed by atoms with Crippen molar-refractivity contribution in [3.05, 3.63) is 0 Å². The maximum atomic E-state index is 10.4. The SMILES string of the molecule is CCSN(C(N)=O)C(N)=O. The Hall–Kier alpha value is -0.910. The number of urea groups is 2. The predicted molar refractivity (Wildman–Crippen MR) is 39.1 cm³/mol. The number of hydrogen-bond acceptors (Lipinski definition) is 3. The minimum Gasteiger partial charge on any atom is -0.350 e. The molecule has 10 heavy (non-hydrogen) atoms. The van der Waals surface area contributed by atoms with Crippen molar-refractivity contribution in [3.63, 3.8) is 0 Å². The van der Waals surface area contributed by atoms with Crippen molar-refractivity contribution in [2.24, 2.45) is 11.5 Å². The van der Waals surface area contributed by atoms with Crippen LogP contribution >= 0.6 is 11.9 Å². The molecule has 0 aromatic carbocycles. The zero-order valence-corrected chi connectivity index (χ0v) is 6.35. The third-order valence-corrected chi connectivity index (χ3v) is 1.53. The molecular weight excluding hydrogens is 154 g/mol. The van der Waals surface area contributed by atoms with Crippen LogP contribution in [0.15, 0.2) is 0 Å². The first kappa shape index (κ1) is 9.09. The van der Waals surface area contributed by atoms with Crippen LogP contribution in [0.25, 0.3) is 0 Å². The molecule has 0 aromatic rings. The zero-order valence-electron chi connectivity index (χ0n) is 5.53. The van der Waals surface area contributed by atoms with Crippen LogP contribution in [0.2, 0.25) is 0 Å². The van der Waals surface area contributed by atoms with Gasteiger partial charge in [-0.2, -0.15) is 4.31 Å². The maximum Gasteiger partial charge on any atom is 0.333 e. The van der Waals surface area contributed by atoms with Crippen molar-refractivity contribution in [2.75, 3.05) is 5.75 Å². The molecule has 0 fully saturated rings. The van der Waals surface area contributed by atoms with Crippen molar-refractivity contribution >= 4 is 24.0 Å². The highest BCUT2D eigenvalue weighted by atomic mass is 32.2. The fraction of sp³-hybridized carbons (Fsp3) is 0.500. The summed E-state index contributed by atoms with van der Waals surface area (Å²) in [5.41, 5.74) is 9.58. The van der Waals surface area contributed by atoms with E-state index in [0.29, 0.717) is 10.1 Å². The molecule has 0 aliphatic carbocycles. The van der Waals surface area contributed by atoms with Crippen LogP contribution in [0.4, 0.5) is 9.59 Å². The molecular formula is C4H9N3O2S. The molecule has 4 amide bonds. The van der Waals surface area contributed by atoms with Gasteiger partial charge in [-0.3, -0.25) is 0 Å². The summed E-state index contributed by atoms with van der Waals surface area (Å²) in [5, 5.41) is 0. The van der Waals surface area contributed by atoms with Crippen LogP contribution in [0.1, 0.15) is 6.92 Å². The molecule has 0 aliphatic rings. The van der Waals surface area contributed by atoms with Crippen molar-refractivity contribution in [3.8, 4) is 0 Å². The van der Waals surface area contributed by atoms with Gasteiger partial charge in [-0.1, -0.05) is 6.92 Å². The van der Waals surface area contributed by atoms with E-state index in [4.69, 9.17) is 11.5 Å². The Morgan fingerprint density at radius 1 is 1.40 bits per heavy atom. The number of hydrogen-bond donors (Lipinski definition) is 2. The fourth-order valence-electron chi connectivity index (χ4n) is 0.365. The molecule has 0 saturated carbocycles. The Morgan fingerprint density at radius 2 is 1.80 bits per heavy atom. The Kier molecular flexibility index (Phi) is 3.63. The molecule has 0 aromatic heterocycles. The number of rotatable bonds is 2. The van der Waals surface area contributed by atoms with Crippen LogP contribution in [0.5, 0.6) is 0 Å². The summed E-state index contributed by atoms with van der Waals surface area (Å²) in [5.74, 6) is 0.575. The van der Waals surface area contributed by atoms with Crippen LogP contribution < -0.4 is 11.5 Å². The summed E-state index contributed by atoms with van der Waals surface area (Å²) in [7, 11) is 0. The largest absolute Gasteiger partial charge is 0.350 e. The second-order valence-electron chi connectivity index (χ2n) is 1.39. The summed E-state index contributed by atoms with van der Waals surface area (Å²) >= 11 is 0.977. The number of carbonyl (C=O) groups is 2. The van der Waals surface area contributed by atoms with Gasteiger partial charge in [-0.05, 0) is 11.9 Å². The van der Waals surface area contributed by atoms with E-state index in [2.05, 4.69) is 0 Å². The third kappa shape index (κ3) is 2.58. The molecule has 0 aliphatic heterocycles. The highest BCUT2D eigenvalue weighted by Crippen LogP contribution is 2.06. The van der Waals surface area contributed by atoms with E-state index >= 15 is 0 Å². The molecule has 0 spiro atoms. The van der Waals surface area contributed by atoms with Crippen LogP contribution in [0.3, 0.4) is 0 Å². The lowest BCUT2D eigenvalue weighted by Crippen LogP contribution is -2.39. The second kappa shape index (κ2) is 3.99. The van der Waals surface area contributed by atoms with E-state index in [0.717, 1.165) is 11.9 Å². The monoisotopic (exact) mass is 163 g/mol. The first-order valence-electron chi connectivity index (χ1n) is 2.61. The third-order valence-electron chi connectivity index (χ3n) is 0.659. The molecule has 58 valence electrons. The topological polar surface area (TPSA) is 89.4 Å². The maximum absolute atomic E-state index is 10.4. The van der Waals surface area contributed by atoms with Gasteiger partial charge in [0.05, 0.1) is 0 Å². The van der Waals surface area contributed by atoms with E-state index in [-0.39, 0.29) is 0 Å². The van der Waals surface area contributed by atoms with Gasteiger partial charge in [0, 0.05) is 5.75 Å². The average Bonchev–Trinajstić information content (AvgIpc) is 1.81. The van der Waals surface area contributed by atoms with Gasteiger partial charge in [0.1, 0.15) is 0 Å². The Labute approximate surface area is 62.9 Å². The second-order valence-corrected chi connectivity index (χ2v) is 2.59. The smallest absolute Gasteiger partial charge is 0.333 e. The van der Waals surface area contributed by atoms with Crippen LogP contribution in [-0.4, -0.2) is 22.1 Å². The van der Waals surface area contributed by atoms with Crippen molar-refractivity contribution in [1.29, 1.82) is 0 Å². The first-order chi connectivity index (χ1) is 4.59. The van der Waals surface area contributed by atoms with E-state index in [9.17, 15) is 9.59 Å². The first-order valence-corrected chi connectivity index (χ1v) is 3.55. The standard InChI is InChI=1S/C4H9N3O2S/c1-2-10-7(3(5)8)4(6)9/h2H2,1H3,(H2,5,8)(H2,6,9). The van der Waals surface area contributed by atoms with Gasteiger partial charge in [-0.15, -0.1) is 0 Å². The fourth-order valence-corrected chi connectivity index (χ4v) is 0.878. The predicted octanol–water partition coefficient (Wildman–Crippen LogP) is 0.114. The molecule has 4 N–H and O–H groups in total. The summed E-state index contributed by atoms with van der Waals surface area (Å²) in [6, 6.07) is -1.67. The van der Waals surface area contributed by atoms with Gasteiger partial charge in [0.2, 0.25) is 0 Å². The molecule has 5 nitrogen and oxygen atoms in total. The van der Waals surface area contributed by atoms with E-state index in [1.807, 2.05) is 0 Å². The summed E-state index contributed by atoms with van der Waals surface area (Å²) in [6.45, 7) is 1.78. The van der Waals surface area contributed by atoms with Crippen LogP contribution in [0, 0.1) is 0 Å². The lowest BCUT2D eigenvalue weighted by atomic mass is 10.9. The number of carbonyl (C=O) groups excluding carboxylic acids is 2. The lowest BCUT2D eigenvalue weighted by Gasteiger charge is -2.11. The molecule has 0 atom stereocenters. The molecule has 0 unspecified atom stereocenters.